The molecule has 5 rings (SSSR count). The van der Waals surface area contributed by atoms with Crippen molar-refractivity contribution in [1.29, 1.82) is 0 Å². The largest absolute Gasteiger partial charge is 0.483 e. The number of primary sulfonamides is 1. The zero-order valence-corrected chi connectivity index (χ0v) is 27.3. The molecular formula is C30H22Cl3N5O6S2. The minimum atomic E-state index is -3.87. The van der Waals surface area contributed by atoms with Gasteiger partial charge in [-0.25, -0.2) is 13.6 Å². The number of halogens is 3. The summed E-state index contributed by atoms with van der Waals surface area (Å²) in [6, 6.07) is 18.6. The van der Waals surface area contributed by atoms with Gasteiger partial charge >= 0.3 is 0 Å². The molecule has 236 valence electrons. The van der Waals surface area contributed by atoms with Crippen LogP contribution in [0.2, 0.25) is 15.1 Å². The van der Waals surface area contributed by atoms with E-state index in [1.807, 2.05) is 0 Å². The fraction of sp³-hybridized carbons (Fsp3) is 0.0667. The number of nitrogens with two attached hydrogens (primary N) is 1. The summed E-state index contributed by atoms with van der Waals surface area (Å²) in [5, 5.41) is 17.5. The molecule has 0 saturated carbocycles. The minimum absolute atomic E-state index is 0.0897. The van der Waals surface area contributed by atoms with Crippen LogP contribution in [-0.4, -0.2) is 43.1 Å². The SMILES string of the molecule is NS(=O)(=O)c1ccc(NC(=O)COc2ccc(Cl)cc2/C=C2\S/C(=N/N=C\c3cccc(Cl)c3Cl)N(Cc3ccco3)C2=O)cc1. The summed E-state index contributed by atoms with van der Waals surface area (Å²) in [5.74, 6) is -0.0776. The maximum atomic E-state index is 13.6. The molecule has 1 aliphatic heterocycles. The second kappa shape index (κ2) is 14.5. The average molecular weight is 719 g/mol. The Hall–Kier alpha value is -4.11. The molecule has 0 atom stereocenters. The summed E-state index contributed by atoms with van der Waals surface area (Å²) in [6.07, 6.45) is 4.51. The number of thioether (sulfide) groups is 1. The smallest absolute Gasteiger partial charge is 0.267 e. The number of anilines is 1. The Morgan fingerprint density at radius 3 is 2.54 bits per heavy atom. The molecule has 46 heavy (non-hydrogen) atoms. The van der Waals surface area contributed by atoms with E-state index in [2.05, 4.69) is 15.5 Å². The van der Waals surface area contributed by atoms with Gasteiger partial charge in [0.1, 0.15) is 11.5 Å². The number of furan rings is 1. The molecule has 1 aromatic heterocycles. The van der Waals surface area contributed by atoms with Crippen LogP contribution in [0.3, 0.4) is 0 Å². The third-order valence-electron chi connectivity index (χ3n) is 6.19. The Balaban J connectivity index is 1.35. The monoisotopic (exact) mass is 717 g/mol. The second-order valence-electron chi connectivity index (χ2n) is 9.44. The molecule has 1 fully saturated rings. The highest BCUT2D eigenvalue weighted by Crippen LogP contribution is 2.36. The van der Waals surface area contributed by atoms with Crippen molar-refractivity contribution in [3.63, 3.8) is 0 Å². The molecule has 0 spiro atoms. The second-order valence-corrected chi connectivity index (χ2v) is 13.2. The Morgan fingerprint density at radius 2 is 1.83 bits per heavy atom. The van der Waals surface area contributed by atoms with Crippen LogP contribution in [0.15, 0.2) is 103 Å². The number of hydrogen-bond acceptors (Lipinski definition) is 9. The standard InChI is InChI=1S/C30H22Cl3N5O6S2/c31-20-6-11-25(44-17-27(39)36-21-7-9-23(10-8-21)46(34,41)42)19(13-20)14-26-29(40)38(16-22-4-2-12-43-22)30(45-26)37-35-15-18-3-1-5-24(32)28(18)33/h1-15H,16-17H2,(H,36,39)(H2,34,41,42)/b26-14-,35-15-,37-30+. The van der Waals surface area contributed by atoms with Crippen LogP contribution in [0.1, 0.15) is 16.9 Å². The van der Waals surface area contributed by atoms with Crippen molar-refractivity contribution in [2.75, 3.05) is 11.9 Å². The van der Waals surface area contributed by atoms with Crippen molar-refractivity contribution in [3.05, 3.63) is 116 Å². The summed E-state index contributed by atoms with van der Waals surface area (Å²) >= 11 is 19.7. The average Bonchev–Trinajstić information content (AvgIpc) is 3.63. The molecule has 0 radical (unpaired) electrons. The van der Waals surface area contributed by atoms with Gasteiger partial charge in [-0.2, -0.15) is 5.10 Å². The first kappa shape index (κ1) is 33.3. The number of amides is 2. The molecule has 3 aromatic carbocycles. The molecule has 11 nitrogen and oxygen atoms in total. The number of ether oxygens (including phenoxy) is 1. The molecule has 2 amide bonds. The minimum Gasteiger partial charge on any atom is -0.483 e. The van der Waals surface area contributed by atoms with Crippen LogP contribution in [0.25, 0.3) is 6.08 Å². The fourth-order valence-corrected chi connectivity index (χ4v) is 5.99. The molecular weight excluding hydrogens is 697 g/mol. The third-order valence-corrected chi connectivity index (χ3v) is 9.18. The van der Waals surface area contributed by atoms with E-state index in [4.69, 9.17) is 49.1 Å². The van der Waals surface area contributed by atoms with E-state index >= 15 is 0 Å². The number of rotatable bonds is 10. The summed E-state index contributed by atoms with van der Waals surface area (Å²) in [7, 11) is -3.87. The van der Waals surface area contributed by atoms with Crippen LogP contribution in [0.5, 0.6) is 5.75 Å². The molecule has 3 N–H and O–H groups in total. The van der Waals surface area contributed by atoms with E-state index < -0.39 is 22.5 Å². The van der Waals surface area contributed by atoms with E-state index in [1.54, 1.807) is 54.6 Å². The number of hydrogen-bond donors (Lipinski definition) is 2. The highest BCUT2D eigenvalue weighted by atomic mass is 35.5. The maximum Gasteiger partial charge on any atom is 0.267 e. The molecule has 2 heterocycles. The third kappa shape index (κ3) is 8.37. The van der Waals surface area contributed by atoms with Gasteiger partial charge in [0.2, 0.25) is 10.0 Å². The Labute approximate surface area is 282 Å². The van der Waals surface area contributed by atoms with E-state index in [0.29, 0.717) is 37.6 Å². The van der Waals surface area contributed by atoms with Crippen LogP contribution in [-0.2, 0) is 26.2 Å². The lowest BCUT2D eigenvalue weighted by molar-refractivity contribution is -0.122. The summed E-state index contributed by atoms with van der Waals surface area (Å²) in [4.78, 5) is 27.8. The first-order valence-corrected chi connectivity index (χ1v) is 16.6. The van der Waals surface area contributed by atoms with Crippen LogP contribution >= 0.6 is 46.6 Å². The van der Waals surface area contributed by atoms with Crippen LogP contribution in [0.4, 0.5) is 5.69 Å². The highest BCUT2D eigenvalue weighted by Gasteiger charge is 2.34. The predicted molar refractivity (Wildman–Crippen MR) is 180 cm³/mol. The number of amidine groups is 1. The van der Waals surface area contributed by atoms with Gasteiger partial charge in [0, 0.05) is 21.8 Å². The number of nitrogens with one attached hydrogen (secondary N) is 1. The van der Waals surface area contributed by atoms with Gasteiger partial charge in [0.15, 0.2) is 11.8 Å². The molecule has 1 aliphatic rings. The highest BCUT2D eigenvalue weighted by molar-refractivity contribution is 8.18. The lowest BCUT2D eigenvalue weighted by Gasteiger charge is -2.13. The van der Waals surface area contributed by atoms with Gasteiger partial charge in [0.05, 0.1) is 38.9 Å². The van der Waals surface area contributed by atoms with Crippen LogP contribution in [0, 0.1) is 0 Å². The molecule has 4 aromatic rings. The quantitative estimate of drug-likeness (QED) is 0.109. The van der Waals surface area contributed by atoms with Crippen molar-refractivity contribution >= 4 is 91.5 Å². The van der Waals surface area contributed by atoms with Gasteiger partial charge in [0.25, 0.3) is 11.8 Å². The summed E-state index contributed by atoms with van der Waals surface area (Å²) < 4.78 is 34.1. The van der Waals surface area contributed by atoms with Crippen LogP contribution < -0.4 is 15.2 Å². The number of carbonyl (C=O) groups is 2. The van der Waals surface area contributed by atoms with Crippen molar-refractivity contribution in [3.8, 4) is 5.75 Å². The lowest BCUT2D eigenvalue weighted by atomic mass is 10.2. The van der Waals surface area contributed by atoms with Gasteiger partial charge in [-0.1, -0.05) is 46.9 Å². The molecule has 16 heteroatoms. The number of carbonyl (C=O) groups excluding carboxylic acids is 2. The molecule has 1 saturated heterocycles. The molecule has 0 unspecified atom stereocenters. The fourth-order valence-electron chi connectivity index (χ4n) is 4.01. The maximum absolute atomic E-state index is 13.6. The zero-order valence-electron chi connectivity index (χ0n) is 23.4. The number of benzene rings is 3. The Kier molecular flexibility index (Phi) is 10.5. The van der Waals surface area contributed by atoms with E-state index in [-0.39, 0.29) is 33.2 Å². The predicted octanol–water partition coefficient (Wildman–Crippen LogP) is 6.41. The van der Waals surface area contributed by atoms with Gasteiger partial charge in [-0.15, -0.1) is 5.10 Å². The molecule has 0 aliphatic carbocycles. The van der Waals surface area contributed by atoms with Crippen molar-refractivity contribution in [1.82, 2.24) is 4.90 Å². The van der Waals surface area contributed by atoms with E-state index in [0.717, 1.165) is 11.8 Å². The lowest BCUT2D eigenvalue weighted by Crippen LogP contribution is -2.28. The van der Waals surface area contributed by atoms with E-state index in [1.165, 1.54) is 41.6 Å². The first-order valence-electron chi connectivity index (χ1n) is 13.1. The zero-order chi connectivity index (χ0) is 32.8. The van der Waals surface area contributed by atoms with Gasteiger partial charge in [-0.3, -0.25) is 14.5 Å². The van der Waals surface area contributed by atoms with Gasteiger partial charge in [-0.05, 0) is 78.5 Å². The van der Waals surface area contributed by atoms with Crippen molar-refractivity contribution < 1.29 is 27.2 Å². The molecule has 0 bridgehead atoms. The van der Waals surface area contributed by atoms with Gasteiger partial charge < -0.3 is 14.5 Å². The number of sulfonamides is 1. The van der Waals surface area contributed by atoms with Crippen molar-refractivity contribution in [2.24, 2.45) is 15.3 Å². The first-order chi connectivity index (χ1) is 22.0. The normalized spacial score (nSPS) is 15.3. The summed E-state index contributed by atoms with van der Waals surface area (Å²) in [6.45, 7) is -0.298. The van der Waals surface area contributed by atoms with Crippen molar-refractivity contribution in [2.45, 2.75) is 11.4 Å². The number of nitrogens with zero attached hydrogens (tertiary/aromatic N) is 3. The van der Waals surface area contributed by atoms with E-state index in [9.17, 15) is 18.0 Å². The Bertz CT molecular complexity index is 1980. The summed E-state index contributed by atoms with van der Waals surface area (Å²) in [5.41, 5.74) is 1.32. The Morgan fingerprint density at radius 1 is 1.04 bits per heavy atom. The topological polar surface area (TPSA) is 157 Å².